The summed E-state index contributed by atoms with van der Waals surface area (Å²) in [7, 11) is 0. The van der Waals surface area contributed by atoms with Gasteiger partial charge in [0, 0.05) is 19.7 Å². The van der Waals surface area contributed by atoms with Crippen LogP contribution in [0.5, 0.6) is 5.75 Å². The van der Waals surface area contributed by atoms with Gasteiger partial charge < -0.3 is 20.8 Å². The van der Waals surface area contributed by atoms with Gasteiger partial charge in [-0.15, -0.1) is 0 Å². The minimum absolute atomic E-state index is 0.0129. The number of hydrogen-bond donors (Lipinski definition) is 3. The van der Waals surface area contributed by atoms with Crippen molar-refractivity contribution in [2.75, 3.05) is 26.2 Å². The minimum atomic E-state index is -0.871. The van der Waals surface area contributed by atoms with E-state index >= 15 is 0 Å². The third-order valence-corrected chi connectivity index (χ3v) is 6.97. The summed E-state index contributed by atoms with van der Waals surface area (Å²) >= 11 is 0. The highest BCUT2D eigenvalue weighted by molar-refractivity contribution is 5.91. The molecule has 5 heteroatoms. The Kier molecular flexibility index (Phi) is 7.11. The number of aliphatic hydroxyl groups is 1. The van der Waals surface area contributed by atoms with Gasteiger partial charge in [0.15, 0.2) is 0 Å². The lowest BCUT2D eigenvalue weighted by Gasteiger charge is -2.37. The van der Waals surface area contributed by atoms with Crippen molar-refractivity contribution in [1.29, 1.82) is 0 Å². The maximum absolute atomic E-state index is 13.2. The van der Waals surface area contributed by atoms with Gasteiger partial charge in [0.1, 0.15) is 11.2 Å². The summed E-state index contributed by atoms with van der Waals surface area (Å²) < 4.78 is 0. The van der Waals surface area contributed by atoms with E-state index in [1.165, 1.54) is 0 Å². The number of likely N-dealkylation sites (tertiary alicyclic amines) is 1. The van der Waals surface area contributed by atoms with Crippen LogP contribution in [-0.2, 0) is 23.1 Å². The molecule has 0 spiro atoms. The standard InChI is InChI=1S/C28H32N2O3/c29-27(33)28(23-7-3-1-4-8-23,24-9-5-2-6-10-24)25-14-17-30(20-25)16-13-21-11-12-26(32)22(19-21)15-18-31/h1-12,19,25,31-32H,13-18,20H2,(H2,29,33)/t25-/m1/s1. The van der Waals surface area contributed by atoms with Crippen LogP contribution in [-0.4, -0.2) is 47.3 Å². The van der Waals surface area contributed by atoms with Crippen LogP contribution >= 0.6 is 0 Å². The lowest BCUT2D eigenvalue weighted by Crippen LogP contribution is -2.49. The van der Waals surface area contributed by atoms with Crippen LogP contribution in [0.3, 0.4) is 0 Å². The van der Waals surface area contributed by atoms with Gasteiger partial charge in [0.2, 0.25) is 5.91 Å². The third-order valence-electron chi connectivity index (χ3n) is 6.97. The highest BCUT2D eigenvalue weighted by Gasteiger charge is 2.49. The summed E-state index contributed by atoms with van der Waals surface area (Å²) in [4.78, 5) is 15.6. The first kappa shape index (κ1) is 23.0. The molecule has 0 radical (unpaired) electrons. The minimum Gasteiger partial charge on any atom is -0.508 e. The van der Waals surface area contributed by atoms with Crippen LogP contribution in [0.15, 0.2) is 78.9 Å². The molecule has 1 amide bonds. The smallest absolute Gasteiger partial charge is 0.232 e. The molecule has 172 valence electrons. The predicted molar refractivity (Wildman–Crippen MR) is 130 cm³/mol. The second-order valence-corrected chi connectivity index (χ2v) is 8.88. The number of benzene rings is 3. The van der Waals surface area contributed by atoms with Crippen LogP contribution in [0.25, 0.3) is 0 Å². The largest absolute Gasteiger partial charge is 0.508 e. The van der Waals surface area contributed by atoms with Gasteiger partial charge in [-0.05, 0) is 60.0 Å². The van der Waals surface area contributed by atoms with E-state index in [-0.39, 0.29) is 24.2 Å². The van der Waals surface area contributed by atoms with Gasteiger partial charge in [-0.1, -0.05) is 72.8 Å². The molecule has 0 unspecified atom stereocenters. The topological polar surface area (TPSA) is 86.8 Å². The maximum atomic E-state index is 13.2. The van der Waals surface area contributed by atoms with E-state index in [0.29, 0.717) is 6.42 Å². The van der Waals surface area contributed by atoms with Crippen molar-refractivity contribution in [1.82, 2.24) is 4.90 Å². The van der Waals surface area contributed by atoms with Crippen molar-refractivity contribution in [3.63, 3.8) is 0 Å². The summed E-state index contributed by atoms with van der Waals surface area (Å²) in [5.74, 6) is -0.00509. The average molecular weight is 445 g/mol. The zero-order valence-corrected chi connectivity index (χ0v) is 18.9. The van der Waals surface area contributed by atoms with Crippen LogP contribution in [0.4, 0.5) is 0 Å². The third kappa shape index (κ3) is 4.65. The molecule has 0 saturated carbocycles. The molecule has 0 aliphatic carbocycles. The first-order valence-corrected chi connectivity index (χ1v) is 11.6. The quantitative estimate of drug-likeness (QED) is 0.473. The molecule has 3 aromatic rings. The van der Waals surface area contributed by atoms with Crippen molar-refractivity contribution in [3.05, 3.63) is 101 Å². The number of amides is 1. The van der Waals surface area contributed by atoms with Crippen LogP contribution < -0.4 is 5.73 Å². The maximum Gasteiger partial charge on any atom is 0.232 e. The molecule has 1 aliphatic rings. The summed E-state index contributed by atoms with van der Waals surface area (Å²) in [6.45, 7) is 2.56. The molecule has 5 nitrogen and oxygen atoms in total. The Hall–Kier alpha value is -3.15. The molecule has 0 bridgehead atoms. The van der Waals surface area contributed by atoms with Gasteiger partial charge in [-0.3, -0.25) is 4.79 Å². The second-order valence-electron chi connectivity index (χ2n) is 8.88. The molecule has 4 rings (SSSR count). The second kappa shape index (κ2) is 10.2. The highest BCUT2D eigenvalue weighted by atomic mass is 16.3. The van der Waals surface area contributed by atoms with Crippen LogP contribution in [0, 0.1) is 5.92 Å². The Morgan fingerprint density at radius 1 is 0.970 bits per heavy atom. The number of phenolic OH excluding ortho intramolecular Hbond substituents is 1. The number of aromatic hydroxyl groups is 1. The Morgan fingerprint density at radius 2 is 1.61 bits per heavy atom. The Balaban J connectivity index is 1.56. The molecule has 1 atom stereocenters. The monoisotopic (exact) mass is 444 g/mol. The van der Waals surface area contributed by atoms with Crippen LogP contribution in [0.1, 0.15) is 28.7 Å². The zero-order chi connectivity index (χ0) is 23.3. The molecule has 1 saturated heterocycles. The van der Waals surface area contributed by atoms with Gasteiger partial charge in [0.25, 0.3) is 0 Å². The molecular formula is C28H32N2O3. The van der Waals surface area contributed by atoms with Gasteiger partial charge >= 0.3 is 0 Å². The normalized spacial score (nSPS) is 16.7. The fourth-order valence-electron chi connectivity index (χ4n) is 5.32. The first-order valence-electron chi connectivity index (χ1n) is 11.6. The van der Waals surface area contributed by atoms with Gasteiger partial charge in [-0.2, -0.15) is 0 Å². The molecular weight excluding hydrogens is 412 g/mol. The van der Waals surface area contributed by atoms with Crippen molar-refractivity contribution < 1.29 is 15.0 Å². The van der Waals surface area contributed by atoms with Crippen molar-refractivity contribution in [3.8, 4) is 5.75 Å². The number of aliphatic hydroxyl groups excluding tert-OH is 1. The van der Waals surface area contributed by atoms with Crippen molar-refractivity contribution in [2.24, 2.45) is 11.7 Å². The number of carbonyl (C=O) groups excluding carboxylic acids is 1. The van der Waals surface area contributed by atoms with Crippen LogP contribution in [0.2, 0.25) is 0 Å². The lowest BCUT2D eigenvalue weighted by atomic mass is 9.64. The summed E-state index contributed by atoms with van der Waals surface area (Å²) in [6.07, 6.45) is 2.17. The molecule has 1 fully saturated rings. The average Bonchev–Trinajstić information content (AvgIpc) is 3.30. The fraction of sp³-hybridized carbons (Fsp3) is 0.321. The first-order chi connectivity index (χ1) is 16.1. The van der Waals surface area contributed by atoms with E-state index < -0.39 is 5.41 Å². The number of phenols is 1. The Morgan fingerprint density at radius 3 is 2.18 bits per heavy atom. The molecule has 33 heavy (non-hydrogen) atoms. The van der Waals surface area contributed by atoms with E-state index in [2.05, 4.69) is 4.90 Å². The SMILES string of the molecule is NC(=O)C(c1ccccc1)(c1ccccc1)[C@@H]1CCN(CCc2ccc(O)c(CCO)c2)C1. The molecule has 1 heterocycles. The summed E-state index contributed by atoms with van der Waals surface area (Å²) in [5.41, 5.74) is 9.11. The van der Waals surface area contributed by atoms with Crippen molar-refractivity contribution in [2.45, 2.75) is 24.7 Å². The molecule has 3 aromatic carbocycles. The number of primary amides is 1. The summed E-state index contributed by atoms with van der Waals surface area (Å²) in [5, 5.41) is 19.2. The van der Waals surface area contributed by atoms with E-state index in [1.807, 2.05) is 72.8 Å². The fourth-order valence-corrected chi connectivity index (χ4v) is 5.32. The number of hydrogen-bond acceptors (Lipinski definition) is 4. The zero-order valence-electron chi connectivity index (χ0n) is 18.9. The molecule has 4 N–H and O–H groups in total. The highest BCUT2D eigenvalue weighted by Crippen LogP contribution is 2.43. The van der Waals surface area contributed by atoms with E-state index in [4.69, 9.17) is 5.73 Å². The van der Waals surface area contributed by atoms with Gasteiger partial charge in [-0.25, -0.2) is 0 Å². The summed E-state index contributed by atoms with van der Waals surface area (Å²) in [6, 6.07) is 25.5. The lowest BCUT2D eigenvalue weighted by molar-refractivity contribution is -0.123. The number of nitrogens with zero attached hydrogens (tertiary/aromatic N) is 1. The van der Waals surface area contributed by atoms with E-state index in [9.17, 15) is 15.0 Å². The van der Waals surface area contributed by atoms with Gasteiger partial charge in [0.05, 0.1) is 0 Å². The van der Waals surface area contributed by atoms with E-state index in [0.717, 1.165) is 54.7 Å². The number of nitrogens with two attached hydrogens (primary N) is 1. The Labute approximate surface area is 195 Å². The predicted octanol–water partition coefficient (Wildman–Crippen LogP) is 3.26. The molecule has 1 aliphatic heterocycles. The van der Waals surface area contributed by atoms with Crippen molar-refractivity contribution >= 4 is 5.91 Å². The number of carbonyl (C=O) groups is 1. The Bertz CT molecular complexity index is 1030. The van der Waals surface area contributed by atoms with E-state index in [1.54, 1.807) is 6.07 Å². The molecule has 0 aromatic heterocycles. The number of rotatable bonds is 9.